The Morgan fingerprint density at radius 3 is 2.86 bits per heavy atom. The molecule has 106 valence electrons. The van der Waals surface area contributed by atoms with Gasteiger partial charge in [-0.3, -0.25) is 4.79 Å². The summed E-state index contributed by atoms with van der Waals surface area (Å²) >= 11 is 3.19. The number of nitriles is 1. The molecule has 21 heavy (non-hydrogen) atoms. The van der Waals surface area contributed by atoms with Crippen LogP contribution >= 0.6 is 15.9 Å². The van der Waals surface area contributed by atoms with Crippen molar-refractivity contribution in [3.8, 4) is 11.8 Å². The molecule has 0 aliphatic rings. The Morgan fingerprint density at radius 1 is 1.33 bits per heavy atom. The normalized spacial score (nSPS) is 9.76. The van der Waals surface area contributed by atoms with E-state index in [0.717, 1.165) is 0 Å². The highest BCUT2D eigenvalue weighted by Gasteiger charge is 2.09. The van der Waals surface area contributed by atoms with E-state index >= 15 is 0 Å². The summed E-state index contributed by atoms with van der Waals surface area (Å²) in [7, 11) is 0. The van der Waals surface area contributed by atoms with Gasteiger partial charge in [0, 0.05) is 4.47 Å². The molecule has 1 N–H and O–H groups in total. The molecule has 0 heterocycles. The topological polar surface area (TPSA) is 62.1 Å². The van der Waals surface area contributed by atoms with Crippen molar-refractivity contribution in [2.75, 3.05) is 11.9 Å². The lowest BCUT2D eigenvalue weighted by Crippen LogP contribution is -2.21. The molecule has 4 nitrogen and oxygen atoms in total. The zero-order valence-electron chi connectivity index (χ0n) is 10.8. The van der Waals surface area contributed by atoms with Crippen LogP contribution in [-0.4, -0.2) is 12.5 Å². The Morgan fingerprint density at radius 2 is 2.10 bits per heavy atom. The summed E-state index contributed by atoms with van der Waals surface area (Å²) in [6.45, 7) is -0.354. The van der Waals surface area contributed by atoms with Crippen molar-refractivity contribution in [1.29, 1.82) is 5.26 Å². The average molecular weight is 349 g/mol. The third-order valence-electron chi connectivity index (χ3n) is 2.57. The second-order valence-electron chi connectivity index (χ2n) is 4.07. The first kappa shape index (κ1) is 15.0. The average Bonchev–Trinajstić information content (AvgIpc) is 2.49. The smallest absolute Gasteiger partial charge is 0.262 e. The second kappa shape index (κ2) is 6.86. The lowest BCUT2D eigenvalue weighted by atomic mass is 10.2. The van der Waals surface area contributed by atoms with Crippen LogP contribution in [0, 0.1) is 17.1 Å². The van der Waals surface area contributed by atoms with Gasteiger partial charge in [-0.1, -0.05) is 28.1 Å². The molecule has 0 bridgehead atoms. The van der Waals surface area contributed by atoms with Crippen molar-refractivity contribution >= 4 is 27.5 Å². The zero-order valence-corrected chi connectivity index (χ0v) is 12.4. The molecule has 0 saturated carbocycles. The predicted molar refractivity (Wildman–Crippen MR) is 79.4 cm³/mol. The number of anilines is 1. The van der Waals surface area contributed by atoms with Gasteiger partial charge in [0.1, 0.15) is 6.07 Å². The molecule has 0 aromatic heterocycles. The van der Waals surface area contributed by atoms with E-state index in [1.807, 2.05) is 6.07 Å². The molecule has 6 heteroatoms. The van der Waals surface area contributed by atoms with E-state index < -0.39 is 11.7 Å². The monoisotopic (exact) mass is 348 g/mol. The first-order valence-electron chi connectivity index (χ1n) is 5.97. The fourth-order valence-corrected chi connectivity index (χ4v) is 1.95. The van der Waals surface area contributed by atoms with Gasteiger partial charge in [0.05, 0.1) is 11.3 Å². The predicted octanol–water partition coefficient (Wildman–Crippen LogP) is 3.48. The minimum Gasteiger partial charge on any atom is -0.481 e. The molecule has 0 fully saturated rings. The maximum atomic E-state index is 13.4. The summed E-state index contributed by atoms with van der Waals surface area (Å²) in [4.78, 5) is 11.8. The van der Waals surface area contributed by atoms with Gasteiger partial charge in [-0.15, -0.1) is 0 Å². The highest BCUT2D eigenvalue weighted by molar-refractivity contribution is 9.10. The summed E-state index contributed by atoms with van der Waals surface area (Å²) < 4.78 is 19.2. The maximum absolute atomic E-state index is 13.4. The summed E-state index contributed by atoms with van der Waals surface area (Å²) in [6.07, 6.45) is 0. The standard InChI is InChI=1S/C15H10BrFN2O2/c16-11-5-6-12(17)14(7-11)21-9-15(20)19-13-4-2-1-3-10(13)8-18/h1-7H,9H2,(H,19,20). The molecule has 0 aliphatic heterocycles. The molecule has 0 atom stereocenters. The van der Waals surface area contributed by atoms with Crippen molar-refractivity contribution in [1.82, 2.24) is 0 Å². The van der Waals surface area contributed by atoms with E-state index in [4.69, 9.17) is 10.00 Å². The van der Waals surface area contributed by atoms with E-state index in [1.54, 1.807) is 24.3 Å². The molecule has 0 spiro atoms. The van der Waals surface area contributed by atoms with Gasteiger partial charge in [0.25, 0.3) is 5.91 Å². The van der Waals surface area contributed by atoms with Crippen LogP contribution in [0.15, 0.2) is 46.9 Å². The molecular formula is C15H10BrFN2O2. The number of benzene rings is 2. The molecule has 2 rings (SSSR count). The van der Waals surface area contributed by atoms with Gasteiger partial charge < -0.3 is 10.1 Å². The first-order valence-corrected chi connectivity index (χ1v) is 6.76. The first-order chi connectivity index (χ1) is 10.1. The quantitative estimate of drug-likeness (QED) is 0.919. The van der Waals surface area contributed by atoms with Gasteiger partial charge in [-0.05, 0) is 30.3 Å². The molecule has 1 amide bonds. The Bertz CT molecular complexity index is 713. The highest BCUT2D eigenvalue weighted by Crippen LogP contribution is 2.22. The fourth-order valence-electron chi connectivity index (χ4n) is 1.61. The highest BCUT2D eigenvalue weighted by atomic mass is 79.9. The minimum absolute atomic E-state index is 0.0203. The van der Waals surface area contributed by atoms with Gasteiger partial charge in [-0.2, -0.15) is 5.26 Å². The van der Waals surface area contributed by atoms with Crippen molar-refractivity contribution < 1.29 is 13.9 Å². The molecule has 2 aromatic rings. The number of nitrogens with zero attached hydrogens (tertiary/aromatic N) is 1. The van der Waals surface area contributed by atoms with Crippen LogP contribution in [0.3, 0.4) is 0 Å². The Hall–Kier alpha value is -2.39. The number of rotatable bonds is 4. The Labute approximate surface area is 129 Å². The number of hydrogen-bond acceptors (Lipinski definition) is 3. The van der Waals surface area contributed by atoms with E-state index in [-0.39, 0.29) is 12.4 Å². The van der Waals surface area contributed by atoms with Crippen LogP contribution < -0.4 is 10.1 Å². The number of nitrogens with one attached hydrogen (secondary N) is 1. The van der Waals surface area contributed by atoms with Crippen LogP contribution in [0.1, 0.15) is 5.56 Å². The summed E-state index contributed by atoms with van der Waals surface area (Å²) in [5.41, 5.74) is 0.739. The van der Waals surface area contributed by atoms with Crippen molar-refractivity contribution in [2.24, 2.45) is 0 Å². The molecule has 2 aromatic carbocycles. The van der Waals surface area contributed by atoms with Gasteiger partial charge >= 0.3 is 0 Å². The fraction of sp³-hybridized carbons (Fsp3) is 0.0667. The summed E-state index contributed by atoms with van der Waals surface area (Å²) in [5, 5.41) is 11.5. The Kier molecular flexibility index (Phi) is 4.90. The maximum Gasteiger partial charge on any atom is 0.262 e. The molecule has 0 radical (unpaired) electrons. The lowest BCUT2D eigenvalue weighted by molar-refractivity contribution is -0.118. The van der Waals surface area contributed by atoms with Crippen LogP contribution in [0.4, 0.5) is 10.1 Å². The van der Waals surface area contributed by atoms with Crippen LogP contribution in [0.25, 0.3) is 0 Å². The molecular weight excluding hydrogens is 339 g/mol. The van der Waals surface area contributed by atoms with Gasteiger partial charge in [0.2, 0.25) is 0 Å². The number of halogens is 2. The van der Waals surface area contributed by atoms with E-state index in [1.165, 1.54) is 18.2 Å². The summed E-state index contributed by atoms with van der Waals surface area (Å²) in [5.74, 6) is -1.05. The number of carbonyl (C=O) groups excluding carboxylic acids is 1. The van der Waals surface area contributed by atoms with Gasteiger partial charge in [-0.25, -0.2) is 4.39 Å². The van der Waals surface area contributed by atoms with Crippen molar-refractivity contribution in [3.63, 3.8) is 0 Å². The van der Waals surface area contributed by atoms with Crippen molar-refractivity contribution in [2.45, 2.75) is 0 Å². The summed E-state index contributed by atoms with van der Waals surface area (Å²) in [6, 6.07) is 12.8. The number of amides is 1. The van der Waals surface area contributed by atoms with Crippen molar-refractivity contribution in [3.05, 3.63) is 58.3 Å². The SMILES string of the molecule is N#Cc1ccccc1NC(=O)COc1cc(Br)ccc1F. The van der Waals surface area contributed by atoms with Crippen LogP contribution in [0.5, 0.6) is 5.75 Å². The second-order valence-corrected chi connectivity index (χ2v) is 4.98. The molecule has 0 aliphatic carbocycles. The number of ether oxygens (including phenoxy) is 1. The Balaban J connectivity index is 2.00. The number of para-hydroxylation sites is 1. The zero-order chi connectivity index (χ0) is 15.2. The van der Waals surface area contributed by atoms with Crippen LogP contribution in [-0.2, 0) is 4.79 Å². The molecule has 0 unspecified atom stereocenters. The largest absolute Gasteiger partial charge is 0.481 e. The minimum atomic E-state index is -0.552. The van der Waals surface area contributed by atoms with E-state index in [0.29, 0.717) is 15.7 Å². The van der Waals surface area contributed by atoms with E-state index in [9.17, 15) is 9.18 Å². The number of carbonyl (C=O) groups is 1. The third-order valence-corrected chi connectivity index (χ3v) is 3.07. The lowest BCUT2D eigenvalue weighted by Gasteiger charge is -2.09. The third kappa shape index (κ3) is 4.04. The molecule has 0 saturated heterocycles. The van der Waals surface area contributed by atoms with E-state index in [2.05, 4.69) is 21.2 Å². The number of hydrogen-bond donors (Lipinski definition) is 1. The van der Waals surface area contributed by atoms with Gasteiger partial charge in [0.15, 0.2) is 18.2 Å². The van der Waals surface area contributed by atoms with Crippen LogP contribution in [0.2, 0.25) is 0 Å².